The molecule has 0 amide bonds. The van der Waals surface area contributed by atoms with E-state index in [1.165, 1.54) is 11.1 Å². The number of rotatable bonds is 8. The molecule has 4 heteroatoms. The molecule has 0 heterocycles. The van der Waals surface area contributed by atoms with E-state index in [2.05, 4.69) is 34.5 Å². The van der Waals surface area contributed by atoms with Crippen LogP contribution in [0.5, 0.6) is 0 Å². The zero-order valence-electron chi connectivity index (χ0n) is 14.3. The van der Waals surface area contributed by atoms with Gasteiger partial charge in [-0.15, -0.1) is 0 Å². The van der Waals surface area contributed by atoms with Gasteiger partial charge in [0.1, 0.15) is 0 Å². The normalized spacial score (nSPS) is 16.7. The summed E-state index contributed by atoms with van der Waals surface area (Å²) in [5, 5.41) is 8.63. The van der Waals surface area contributed by atoms with E-state index in [1.54, 1.807) is 0 Å². The molecular weight excluding hydrogens is 339 g/mol. The van der Waals surface area contributed by atoms with Crippen LogP contribution in [-0.4, -0.2) is 10.00 Å². The third-order valence-electron chi connectivity index (χ3n) is 3.89. The van der Waals surface area contributed by atoms with Crippen LogP contribution in [0.2, 0.25) is 0 Å². The molecule has 0 fully saturated rings. The van der Waals surface area contributed by atoms with Crippen molar-refractivity contribution in [2.75, 3.05) is 0 Å². The number of hydrogen-bond acceptors (Lipinski definition) is 2. The smallest absolute Gasteiger partial charge is 0.152 e. The van der Waals surface area contributed by atoms with E-state index in [1.807, 2.05) is 50.2 Å². The topological polar surface area (TPSA) is 24.7 Å². The van der Waals surface area contributed by atoms with Gasteiger partial charge < -0.3 is 0 Å². The molecule has 2 aromatic carbocycles. The average Bonchev–Trinajstić information content (AvgIpc) is 2.59. The van der Waals surface area contributed by atoms with Crippen LogP contribution in [0.25, 0.3) is 0 Å². The Bertz CT molecular complexity index is 580. The summed E-state index contributed by atoms with van der Waals surface area (Å²) >= 11 is 13.0. The van der Waals surface area contributed by atoms with Crippen LogP contribution in [0.1, 0.15) is 37.8 Å². The maximum Gasteiger partial charge on any atom is 0.152 e. The Kier molecular flexibility index (Phi) is 6.82. The summed E-state index contributed by atoms with van der Waals surface area (Å²) in [6.07, 6.45) is 3.16. The highest BCUT2D eigenvalue weighted by atomic mass is 35.5. The lowest BCUT2D eigenvalue weighted by atomic mass is 10.1. The first-order valence-corrected chi connectivity index (χ1v) is 9.02. The zero-order valence-corrected chi connectivity index (χ0v) is 15.8. The summed E-state index contributed by atoms with van der Waals surface area (Å²) in [7, 11) is 0. The Morgan fingerprint density at radius 3 is 1.33 bits per heavy atom. The first-order valence-electron chi connectivity index (χ1n) is 8.26. The van der Waals surface area contributed by atoms with E-state index in [9.17, 15) is 0 Å². The molecule has 2 unspecified atom stereocenters. The Morgan fingerprint density at radius 1 is 0.667 bits per heavy atom. The molecule has 128 valence electrons. The highest BCUT2D eigenvalue weighted by molar-refractivity contribution is 6.24. The molecular formula is C20H24Cl2N2. The fourth-order valence-corrected chi connectivity index (χ4v) is 2.61. The number of hydrogen-bond donors (Lipinski definition) is 0. The van der Waals surface area contributed by atoms with Crippen LogP contribution in [0, 0.1) is 0 Å². The van der Waals surface area contributed by atoms with Gasteiger partial charge >= 0.3 is 0 Å². The molecule has 0 aliphatic rings. The molecule has 0 saturated carbocycles. The summed E-state index contributed by atoms with van der Waals surface area (Å²) < 4.78 is 0. The summed E-state index contributed by atoms with van der Waals surface area (Å²) in [6.45, 7) is 3.76. The quantitative estimate of drug-likeness (QED) is 0.286. The molecule has 2 atom stereocenters. The highest BCUT2D eigenvalue weighted by Crippen LogP contribution is 2.29. The number of nitrogens with zero attached hydrogens (tertiary/aromatic N) is 2. The molecule has 0 aromatic heterocycles. The van der Waals surface area contributed by atoms with Crippen molar-refractivity contribution in [1.82, 2.24) is 0 Å². The third-order valence-corrected chi connectivity index (χ3v) is 4.42. The fourth-order valence-electron chi connectivity index (χ4n) is 2.34. The molecule has 2 rings (SSSR count). The minimum absolute atomic E-state index is 0.716. The molecule has 0 radical (unpaired) electrons. The van der Waals surface area contributed by atoms with Gasteiger partial charge in [-0.25, -0.2) is 0 Å². The summed E-state index contributed by atoms with van der Waals surface area (Å²) in [4.78, 5) is -1.47. The number of azo groups is 1. The molecule has 0 aliphatic heterocycles. The average molecular weight is 363 g/mol. The van der Waals surface area contributed by atoms with Crippen LogP contribution in [0.3, 0.4) is 0 Å². The molecule has 0 spiro atoms. The van der Waals surface area contributed by atoms with Gasteiger partial charge in [0.15, 0.2) is 10.00 Å². The van der Waals surface area contributed by atoms with Crippen LogP contribution in [-0.2, 0) is 12.8 Å². The van der Waals surface area contributed by atoms with Crippen molar-refractivity contribution >= 4 is 23.2 Å². The van der Waals surface area contributed by atoms with Gasteiger partial charge in [0.25, 0.3) is 0 Å². The molecule has 2 aromatic rings. The van der Waals surface area contributed by atoms with Gasteiger partial charge in [-0.3, -0.25) is 0 Å². The molecule has 0 aliphatic carbocycles. The summed E-state index contributed by atoms with van der Waals surface area (Å²) in [5.41, 5.74) is 2.49. The second-order valence-electron chi connectivity index (χ2n) is 6.46. The summed E-state index contributed by atoms with van der Waals surface area (Å²) in [6, 6.07) is 20.5. The Balaban J connectivity index is 1.86. The number of alkyl halides is 2. The maximum atomic E-state index is 6.49. The Morgan fingerprint density at radius 2 is 1.00 bits per heavy atom. The van der Waals surface area contributed by atoms with E-state index in [4.69, 9.17) is 23.2 Å². The minimum atomic E-state index is -0.737. The first kappa shape index (κ1) is 19.0. The highest BCUT2D eigenvalue weighted by Gasteiger charge is 2.24. The SMILES string of the molecule is CC(Cl)(CCc1ccccc1)/N=N/C(C)(Cl)CCc1ccccc1. The Labute approximate surface area is 154 Å². The lowest BCUT2D eigenvalue weighted by Gasteiger charge is -2.20. The number of benzene rings is 2. The van der Waals surface area contributed by atoms with Crippen molar-refractivity contribution in [1.29, 1.82) is 0 Å². The van der Waals surface area contributed by atoms with E-state index >= 15 is 0 Å². The second kappa shape index (κ2) is 8.64. The minimum Gasteiger partial charge on any atom is -0.170 e. The van der Waals surface area contributed by atoms with Gasteiger partial charge in [-0.05, 0) is 50.7 Å². The van der Waals surface area contributed by atoms with Gasteiger partial charge in [-0.1, -0.05) is 83.9 Å². The van der Waals surface area contributed by atoms with Crippen LogP contribution in [0.15, 0.2) is 70.9 Å². The lowest BCUT2D eigenvalue weighted by Crippen LogP contribution is -2.18. The van der Waals surface area contributed by atoms with E-state index in [0.29, 0.717) is 12.8 Å². The number of halogens is 2. The van der Waals surface area contributed by atoms with Gasteiger partial charge in [-0.2, -0.15) is 10.2 Å². The van der Waals surface area contributed by atoms with Gasteiger partial charge in [0.2, 0.25) is 0 Å². The standard InChI is InChI=1S/C20H24Cl2N2/c1-19(21,15-13-17-9-5-3-6-10-17)23-24-20(2,22)16-14-18-11-7-4-8-12-18/h3-12H,13-16H2,1-2H3/b24-23+. The summed E-state index contributed by atoms with van der Waals surface area (Å²) in [5.74, 6) is 0. The molecule has 24 heavy (non-hydrogen) atoms. The van der Waals surface area contributed by atoms with Gasteiger partial charge in [0, 0.05) is 0 Å². The maximum absolute atomic E-state index is 6.49. The predicted octanol–water partition coefficient (Wildman–Crippen LogP) is 6.61. The number of aryl methyl sites for hydroxylation is 2. The third kappa shape index (κ3) is 7.02. The fraction of sp³-hybridized carbons (Fsp3) is 0.400. The molecule has 0 bridgehead atoms. The lowest BCUT2D eigenvalue weighted by molar-refractivity contribution is 0.500. The van der Waals surface area contributed by atoms with Crippen LogP contribution < -0.4 is 0 Å². The monoisotopic (exact) mass is 362 g/mol. The van der Waals surface area contributed by atoms with Crippen molar-refractivity contribution < 1.29 is 0 Å². The van der Waals surface area contributed by atoms with E-state index in [-0.39, 0.29) is 0 Å². The van der Waals surface area contributed by atoms with Crippen LogP contribution >= 0.6 is 23.2 Å². The van der Waals surface area contributed by atoms with Crippen molar-refractivity contribution in [2.24, 2.45) is 10.2 Å². The molecule has 0 N–H and O–H groups in total. The molecule has 0 saturated heterocycles. The molecule has 2 nitrogen and oxygen atoms in total. The van der Waals surface area contributed by atoms with Crippen molar-refractivity contribution in [2.45, 2.75) is 49.5 Å². The van der Waals surface area contributed by atoms with Crippen molar-refractivity contribution in [3.05, 3.63) is 71.8 Å². The Hall–Kier alpha value is -1.38. The largest absolute Gasteiger partial charge is 0.170 e. The van der Waals surface area contributed by atoms with Crippen molar-refractivity contribution in [3.63, 3.8) is 0 Å². The van der Waals surface area contributed by atoms with Crippen LogP contribution in [0.4, 0.5) is 0 Å². The van der Waals surface area contributed by atoms with Crippen molar-refractivity contribution in [3.8, 4) is 0 Å². The van der Waals surface area contributed by atoms with E-state index in [0.717, 1.165) is 12.8 Å². The predicted molar refractivity (Wildman–Crippen MR) is 103 cm³/mol. The van der Waals surface area contributed by atoms with Gasteiger partial charge in [0.05, 0.1) is 0 Å². The van der Waals surface area contributed by atoms with E-state index < -0.39 is 10.00 Å². The first-order chi connectivity index (χ1) is 11.4. The zero-order chi connectivity index (χ0) is 17.5. The second-order valence-corrected chi connectivity index (χ2v) is 8.08.